The average molecular weight is 996 g/mol. The molecule has 0 spiro atoms. The van der Waals surface area contributed by atoms with Gasteiger partial charge in [0.1, 0.15) is 28.2 Å². The summed E-state index contributed by atoms with van der Waals surface area (Å²) in [4.78, 5) is 0. The van der Waals surface area contributed by atoms with Crippen molar-refractivity contribution in [2.75, 3.05) is 0 Å². The zero-order valence-corrected chi connectivity index (χ0v) is 46.1. The highest BCUT2D eigenvalue weighted by Gasteiger charge is 2.19. The molecule has 0 atom stereocenters. The summed E-state index contributed by atoms with van der Waals surface area (Å²) < 4.78 is 31.5. The molecule has 12 rings (SSSR count). The summed E-state index contributed by atoms with van der Waals surface area (Å²) in [5.74, 6) is 0. The maximum Gasteiger partial charge on any atom is 0.213 e. The summed E-state index contributed by atoms with van der Waals surface area (Å²) >= 11 is 0. The summed E-state index contributed by atoms with van der Waals surface area (Å²) in [5.41, 5.74) is 24.1. The number of aromatic nitrogens is 4. The first-order valence-electron chi connectivity index (χ1n) is 27.7. The first-order valence-corrected chi connectivity index (χ1v) is 26.2. The summed E-state index contributed by atoms with van der Waals surface area (Å²) in [5, 5.41) is 5.02. The van der Waals surface area contributed by atoms with Gasteiger partial charge in [0.05, 0.1) is 0 Å². The fourth-order valence-corrected chi connectivity index (χ4v) is 10.7. The molecule has 8 aromatic carbocycles. The molecular formula is C72H72N4+4. The van der Waals surface area contributed by atoms with E-state index in [0.717, 1.165) is 22.3 Å². The highest BCUT2D eigenvalue weighted by Crippen LogP contribution is 2.28. The topological polar surface area (TPSA) is 15.5 Å². The predicted molar refractivity (Wildman–Crippen MR) is 320 cm³/mol. The largest absolute Gasteiger partial charge is 0.213 e. The Bertz CT molecular complexity index is 4210. The van der Waals surface area contributed by atoms with Crippen molar-refractivity contribution < 1.29 is 22.4 Å². The van der Waals surface area contributed by atoms with Crippen LogP contribution in [0.2, 0.25) is 0 Å². The van der Waals surface area contributed by atoms with Gasteiger partial charge in [0.2, 0.25) is 44.8 Å². The lowest BCUT2D eigenvalue weighted by Crippen LogP contribution is -2.32. The van der Waals surface area contributed by atoms with Crippen molar-refractivity contribution in [2.24, 2.45) is 28.2 Å². The van der Waals surface area contributed by atoms with Crippen LogP contribution in [0.5, 0.6) is 0 Å². The molecule has 0 saturated carbocycles. The van der Waals surface area contributed by atoms with Crippen molar-refractivity contribution in [2.45, 2.75) is 55.3 Å². The molecule has 376 valence electrons. The Kier molecular flexibility index (Phi) is 14.6. The average Bonchev–Trinajstić information content (AvgIpc) is 3.53. The summed E-state index contributed by atoms with van der Waals surface area (Å²) in [6, 6.07) is 76.2. The van der Waals surface area contributed by atoms with Gasteiger partial charge in [-0.25, -0.2) is 0 Å². The van der Waals surface area contributed by atoms with Crippen LogP contribution < -0.4 is 18.3 Å². The fraction of sp³-hybridized carbons (Fsp3) is 0.167. The lowest BCUT2D eigenvalue weighted by Gasteiger charge is -2.10. The minimum atomic E-state index is -2.06. The Balaban J connectivity index is 0.000000128. The first kappa shape index (κ1) is 48.3. The fourth-order valence-electron chi connectivity index (χ4n) is 10.7. The molecule has 4 heteroatoms. The first-order chi connectivity index (χ1) is 37.9. The number of nitrogens with zero attached hydrogens (tertiary/aromatic N) is 4. The summed E-state index contributed by atoms with van der Waals surface area (Å²) in [6.45, 7) is 12.9. The predicted octanol–water partition coefficient (Wildman–Crippen LogP) is 15.8. The lowest BCUT2D eigenvalue weighted by atomic mass is 9.97. The van der Waals surface area contributed by atoms with Crippen molar-refractivity contribution in [3.8, 4) is 45.0 Å². The van der Waals surface area contributed by atoms with Crippen LogP contribution in [0.25, 0.3) is 88.6 Å². The molecule has 0 N–H and O–H groups in total. The van der Waals surface area contributed by atoms with Crippen LogP contribution in [0.1, 0.15) is 48.6 Å². The third-order valence-corrected chi connectivity index (χ3v) is 15.0. The Hall–Kier alpha value is -8.60. The van der Waals surface area contributed by atoms with Gasteiger partial charge >= 0.3 is 0 Å². The quantitative estimate of drug-likeness (QED) is 0.156. The number of hydrogen-bond acceptors (Lipinski definition) is 0. The second-order valence-electron chi connectivity index (χ2n) is 20.3. The molecule has 0 bridgehead atoms. The molecule has 0 aliphatic carbocycles. The number of hydrogen-bond donors (Lipinski definition) is 0. The van der Waals surface area contributed by atoms with Gasteiger partial charge in [-0.1, -0.05) is 114 Å². The van der Waals surface area contributed by atoms with E-state index in [1.165, 1.54) is 105 Å². The SMILES string of the molecule is Cc1cc(C)c(C)c(-c2ccc3ccccc3[n+]2C)c1.Cc1ccc(-c2ccc3ccccc3[n+]2C)c(C)c1.Cc1ccccc1-c1ccc2ccccc2[n+]1C.[2H]C([2H])([2H])c1ccc(-c2ccc3ccccc3[n+]2C)c(C)c1. The summed E-state index contributed by atoms with van der Waals surface area (Å²) in [7, 11) is 8.45. The van der Waals surface area contributed by atoms with Crippen molar-refractivity contribution in [3.05, 3.63) is 263 Å². The second kappa shape index (κ2) is 22.9. The third-order valence-electron chi connectivity index (χ3n) is 15.0. The van der Waals surface area contributed by atoms with E-state index < -0.39 is 6.85 Å². The van der Waals surface area contributed by atoms with E-state index in [-0.39, 0.29) is 0 Å². The van der Waals surface area contributed by atoms with Crippen LogP contribution in [0.15, 0.2) is 218 Å². The van der Waals surface area contributed by atoms with Gasteiger partial charge in [0, 0.05) is 96.4 Å². The van der Waals surface area contributed by atoms with E-state index in [1.807, 2.05) is 32.2 Å². The van der Waals surface area contributed by atoms with E-state index in [2.05, 4.69) is 269 Å². The van der Waals surface area contributed by atoms with Crippen LogP contribution in [0, 0.1) is 55.3 Å². The van der Waals surface area contributed by atoms with Gasteiger partial charge in [-0.2, -0.15) is 18.3 Å². The standard InChI is InChI=1S/C19H20N.2C18H18N.C17H16N/c1-13-11-14(2)15(3)17(12-13)19-10-9-16-7-5-6-8-18(16)20(19)4;2*1-13-8-10-16(14(2)12-13)18-11-9-15-6-4-5-7-17(15)19(18)3;1-13-7-3-5-9-15(13)17-12-11-14-8-4-6-10-16(14)18(17)2/h5-12H,1-4H3;2*4-12H,1-3H3;3-12H,1-2H3/q4*+1/i;1D3;;. The maximum absolute atomic E-state index is 7.52. The third kappa shape index (κ3) is 11.1. The highest BCUT2D eigenvalue weighted by atomic mass is 15.0. The van der Waals surface area contributed by atoms with Gasteiger partial charge in [-0.05, 0) is 156 Å². The van der Waals surface area contributed by atoms with Crippen LogP contribution in [-0.2, 0) is 28.2 Å². The molecule has 4 nitrogen and oxygen atoms in total. The van der Waals surface area contributed by atoms with Crippen LogP contribution in [-0.4, -0.2) is 0 Å². The molecule has 0 radical (unpaired) electrons. The zero-order valence-electron chi connectivity index (χ0n) is 49.1. The molecule has 4 aromatic heterocycles. The molecular weight excluding hydrogens is 921 g/mol. The van der Waals surface area contributed by atoms with Gasteiger partial charge < -0.3 is 0 Å². The Morgan fingerprint density at radius 1 is 0.263 bits per heavy atom. The number of benzene rings is 8. The van der Waals surface area contributed by atoms with E-state index in [1.54, 1.807) is 12.1 Å². The maximum atomic E-state index is 7.52. The van der Waals surface area contributed by atoms with Gasteiger partial charge in [0.15, 0.2) is 0 Å². The van der Waals surface area contributed by atoms with Crippen molar-refractivity contribution in [1.82, 2.24) is 0 Å². The second-order valence-corrected chi connectivity index (χ2v) is 20.3. The Morgan fingerprint density at radius 3 is 0.987 bits per heavy atom. The number of rotatable bonds is 4. The van der Waals surface area contributed by atoms with Gasteiger partial charge in [0.25, 0.3) is 0 Å². The van der Waals surface area contributed by atoms with E-state index in [9.17, 15) is 0 Å². The van der Waals surface area contributed by atoms with E-state index in [0.29, 0.717) is 5.56 Å². The van der Waals surface area contributed by atoms with Gasteiger partial charge in [-0.15, -0.1) is 0 Å². The lowest BCUT2D eigenvalue weighted by molar-refractivity contribution is -0.633. The molecule has 0 aliphatic heterocycles. The molecule has 0 unspecified atom stereocenters. The van der Waals surface area contributed by atoms with Crippen molar-refractivity contribution >= 4 is 43.6 Å². The molecule has 0 aliphatic rings. The smallest absolute Gasteiger partial charge is 0.194 e. The molecule has 12 aromatic rings. The minimum absolute atomic E-state index is 0.386. The molecule has 0 fully saturated rings. The van der Waals surface area contributed by atoms with E-state index in [4.69, 9.17) is 4.11 Å². The molecule has 0 saturated heterocycles. The minimum Gasteiger partial charge on any atom is -0.194 e. The number of aryl methyl sites for hydroxylation is 11. The van der Waals surface area contributed by atoms with Gasteiger partial charge in [-0.3, -0.25) is 0 Å². The Labute approximate surface area is 455 Å². The normalized spacial score (nSPS) is 11.6. The highest BCUT2D eigenvalue weighted by molar-refractivity contribution is 5.81. The van der Waals surface area contributed by atoms with Crippen molar-refractivity contribution in [1.29, 1.82) is 0 Å². The number of para-hydroxylation sites is 4. The van der Waals surface area contributed by atoms with Crippen LogP contribution in [0.3, 0.4) is 0 Å². The van der Waals surface area contributed by atoms with E-state index >= 15 is 0 Å². The Morgan fingerprint density at radius 2 is 0.592 bits per heavy atom. The van der Waals surface area contributed by atoms with Crippen LogP contribution in [0.4, 0.5) is 0 Å². The number of pyridine rings is 4. The monoisotopic (exact) mass is 996 g/mol. The van der Waals surface area contributed by atoms with Crippen molar-refractivity contribution in [3.63, 3.8) is 0 Å². The molecule has 4 heterocycles. The summed E-state index contributed by atoms with van der Waals surface area (Å²) in [6.07, 6.45) is 0. The number of fused-ring (bicyclic) bond motifs is 4. The zero-order chi connectivity index (χ0) is 56.1. The van der Waals surface area contributed by atoms with Crippen LogP contribution >= 0.6 is 0 Å². The molecule has 0 amide bonds. The molecule has 76 heavy (non-hydrogen) atoms.